The molecule has 0 aliphatic carbocycles. The molecule has 0 saturated carbocycles. The van der Waals surface area contributed by atoms with Crippen LogP contribution < -0.4 is 4.72 Å². The standard InChI is InChI=1S/C18H17NO3S/c1-15(20)18-11-9-16(10-12-18)8-5-13-19-23(21,22)14-17-6-3-2-4-7-17/h2-4,6-7,9-12,19H,13-14H2,1H3. The number of rotatable bonds is 5. The molecule has 23 heavy (non-hydrogen) atoms. The average molecular weight is 327 g/mol. The Hall–Kier alpha value is -2.42. The lowest BCUT2D eigenvalue weighted by molar-refractivity contribution is 0.101. The first-order valence-electron chi connectivity index (χ1n) is 7.07. The predicted octanol–water partition coefficient (Wildman–Crippen LogP) is 2.36. The van der Waals surface area contributed by atoms with Gasteiger partial charge >= 0.3 is 0 Å². The zero-order chi connectivity index (χ0) is 16.7. The molecule has 0 saturated heterocycles. The van der Waals surface area contributed by atoms with Crippen molar-refractivity contribution in [2.45, 2.75) is 12.7 Å². The van der Waals surface area contributed by atoms with Gasteiger partial charge in [0.25, 0.3) is 0 Å². The molecular weight excluding hydrogens is 310 g/mol. The summed E-state index contributed by atoms with van der Waals surface area (Å²) in [5.74, 6) is 5.56. The second-order valence-electron chi connectivity index (χ2n) is 5.00. The van der Waals surface area contributed by atoms with Gasteiger partial charge in [-0.3, -0.25) is 4.79 Å². The number of Topliss-reactive ketones (excluding diaryl/α,β-unsaturated/α-hetero) is 1. The largest absolute Gasteiger partial charge is 0.295 e. The second-order valence-corrected chi connectivity index (χ2v) is 6.81. The molecule has 0 aliphatic heterocycles. The zero-order valence-corrected chi connectivity index (χ0v) is 13.6. The van der Waals surface area contributed by atoms with Crippen molar-refractivity contribution < 1.29 is 13.2 Å². The van der Waals surface area contributed by atoms with Crippen molar-refractivity contribution in [3.8, 4) is 11.8 Å². The van der Waals surface area contributed by atoms with Gasteiger partial charge in [-0.05, 0) is 24.6 Å². The van der Waals surface area contributed by atoms with Gasteiger partial charge in [0.05, 0.1) is 12.3 Å². The number of sulfonamides is 1. The Bertz CT molecular complexity index is 829. The highest BCUT2D eigenvalue weighted by molar-refractivity contribution is 7.88. The molecule has 4 nitrogen and oxygen atoms in total. The van der Waals surface area contributed by atoms with Crippen molar-refractivity contribution >= 4 is 15.8 Å². The third kappa shape index (κ3) is 5.70. The summed E-state index contributed by atoms with van der Waals surface area (Å²) in [5, 5.41) is 0. The van der Waals surface area contributed by atoms with Crippen molar-refractivity contribution in [1.82, 2.24) is 4.72 Å². The molecular formula is C18H17NO3S. The van der Waals surface area contributed by atoms with Gasteiger partial charge in [0.1, 0.15) is 0 Å². The predicted molar refractivity (Wildman–Crippen MR) is 90.4 cm³/mol. The van der Waals surface area contributed by atoms with Gasteiger partial charge in [-0.2, -0.15) is 0 Å². The number of ketones is 1. The van der Waals surface area contributed by atoms with E-state index < -0.39 is 10.0 Å². The molecule has 2 rings (SSSR count). The van der Waals surface area contributed by atoms with Crippen molar-refractivity contribution in [2.75, 3.05) is 6.54 Å². The van der Waals surface area contributed by atoms with E-state index in [1.165, 1.54) is 6.92 Å². The average Bonchev–Trinajstić information content (AvgIpc) is 2.52. The Kier molecular flexibility index (Phi) is 5.69. The highest BCUT2D eigenvalue weighted by Crippen LogP contribution is 2.04. The van der Waals surface area contributed by atoms with E-state index in [2.05, 4.69) is 16.6 Å². The highest BCUT2D eigenvalue weighted by atomic mass is 32.2. The SMILES string of the molecule is CC(=O)c1ccc(C#CCNS(=O)(=O)Cc2ccccc2)cc1. The zero-order valence-electron chi connectivity index (χ0n) is 12.7. The molecule has 2 aromatic rings. The molecule has 0 bridgehead atoms. The van der Waals surface area contributed by atoms with Crippen LogP contribution in [0.4, 0.5) is 0 Å². The Labute approximate surface area is 136 Å². The molecule has 2 aromatic carbocycles. The lowest BCUT2D eigenvalue weighted by Gasteiger charge is -2.03. The number of benzene rings is 2. The van der Waals surface area contributed by atoms with Gasteiger partial charge in [-0.15, -0.1) is 0 Å². The lowest BCUT2D eigenvalue weighted by atomic mass is 10.1. The van der Waals surface area contributed by atoms with Crippen molar-refractivity contribution in [2.24, 2.45) is 0 Å². The van der Waals surface area contributed by atoms with E-state index in [0.717, 1.165) is 11.1 Å². The summed E-state index contributed by atoms with van der Waals surface area (Å²) in [6, 6.07) is 15.8. The minimum Gasteiger partial charge on any atom is -0.295 e. The summed E-state index contributed by atoms with van der Waals surface area (Å²) in [6.07, 6.45) is 0. The maximum absolute atomic E-state index is 11.9. The normalized spacial score (nSPS) is 10.7. The Morgan fingerprint density at radius 2 is 1.70 bits per heavy atom. The number of hydrogen-bond donors (Lipinski definition) is 1. The molecule has 0 spiro atoms. The molecule has 0 heterocycles. The van der Waals surface area contributed by atoms with E-state index >= 15 is 0 Å². The van der Waals surface area contributed by atoms with E-state index in [4.69, 9.17) is 0 Å². The molecule has 0 aromatic heterocycles. The molecule has 1 N–H and O–H groups in total. The first-order chi connectivity index (χ1) is 11.0. The Morgan fingerprint density at radius 1 is 1.04 bits per heavy atom. The molecule has 0 radical (unpaired) electrons. The van der Waals surface area contributed by atoms with Gasteiger partial charge < -0.3 is 0 Å². The second kappa shape index (κ2) is 7.73. The van der Waals surface area contributed by atoms with Crippen LogP contribution in [0.3, 0.4) is 0 Å². The summed E-state index contributed by atoms with van der Waals surface area (Å²) in [6.45, 7) is 1.55. The minimum absolute atomic E-state index is 0.00168. The van der Waals surface area contributed by atoms with Crippen LogP contribution in [0.2, 0.25) is 0 Å². The first-order valence-corrected chi connectivity index (χ1v) is 8.73. The Balaban J connectivity index is 1.90. The number of nitrogens with one attached hydrogen (secondary N) is 1. The molecule has 0 aliphatic rings. The highest BCUT2D eigenvalue weighted by Gasteiger charge is 2.09. The van der Waals surface area contributed by atoms with Crippen LogP contribution in [-0.2, 0) is 15.8 Å². The summed E-state index contributed by atoms with van der Waals surface area (Å²) >= 11 is 0. The quantitative estimate of drug-likeness (QED) is 0.677. The first kappa shape index (κ1) is 16.9. The molecule has 0 atom stereocenters. The number of carbonyl (C=O) groups excluding carboxylic acids is 1. The van der Waals surface area contributed by atoms with Crippen LogP contribution in [0.25, 0.3) is 0 Å². The minimum atomic E-state index is -3.40. The topological polar surface area (TPSA) is 63.2 Å². The smallest absolute Gasteiger partial charge is 0.216 e. The monoisotopic (exact) mass is 327 g/mol. The van der Waals surface area contributed by atoms with Crippen LogP contribution in [0.15, 0.2) is 54.6 Å². The lowest BCUT2D eigenvalue weighted by Crippen LogP contribution is -2.25. The van der Waals surface area contributed by atoms with Crippen molar-refractivity contribution in [3.63, 3.8) is 0 Å². The van der Waals surface area contributed by atoms with Crippen LogP contribution >= 0.6 is 0 Å². The van der Waals surface area contributed by atoms with Crippen LogP contribution in [0.1, 0.15) is 28.4 Å². The molecule has 0 unspecified atom stereocenters. The maximum Gasteiger partial charge on any atom is 0.216 e. The van der Waals surface area contributed by atoms with E-state index in [0.29, 0.717) is 5.56 Å². The third-order valence-corrected chi connectivity index (χ3v) is 4.40. The summed E-state index contributed by atoms with van der Waals surface area (Å²) in [7, 11) is -3.40. The van der Waals surface area contributed by atoms with E-state index in [1.54, 1.807) is 48.5 Å². The Morgan fingerprint density at radius 3 is 2.30 bits per heavy atom. The maximum atomic E-state index is 11.9. The van der Waals surface area contributed by atoms with Crippen LogP contribution in [0, 0.1) is 11.8 Å². The van der Waals surface area contributed by atoms with Crippen LogP contribution in [-0.4, -0.2) is 20.7 Å². The van der Waals surface area contributed by atoms with Gasteiger partial charge in [0, 0.05) is 11.1 Å². The summed E-state index contributed by atoms with van der Waals surface area (Å²) in [5.41, 5.74) is 2.09. The van der Waals surface area contributed by atoms with E-state index in [9.17, 15) is 13.2 Å². The van der Waals surface area contributed by atoms with E-state index in [1.807, 2.05) is 6.07 Å². The van der Waals surface area contributed by atoms with Crippen molar-refractivity contribution in [1.29, 1.82) is 0 Å². The molecule has 118 valence electrons. The summed E-state index contributed by atoms with van der Waals surface area (Å²) < 4.78 is 26.3. The van der Waals surface area contributed by atoms with Gasteiger partial charge in [0.2, 0.25) is 10.0 Å². The van der Waals surface area contributed by atoms with Gasteiger partial charge in [-0.25, -0.2) is 13.1 Å². The molecule has 0 fully saturated rings. The molecule has 5 heteroatoms. The van der Waals surface area contributed by atoms with Gasteiger partial charge in [0.15, 0.2) is 5.78 Å². The number of hydrogen-bond acceptors (Lipinski definition) is 3. The third-order valence-electron chi connectivity index (χ3n) is 3.10. The number of carbonyl (C=O) groups is 1. The molecule has 0 amide bonds. The van der Waals surface area contributed by atoms with Crippen molar-refractivity contribution in [3.05, 3.63) is 71.3 Å². The van der Waals surface area contributed by atoms with E-state index in [-0.39, 0.29) is 18.1 Å². The van der Waals surface area contributed by atoms with Crippen LogP contribution in [0.5, 0.6) is 0 Å². The fraction of sp³-hybridized carbons (Fsp3) is 0.167. The summed E-state index contributed by atoms with van der Waals surface area (Å²) in [4.78, 5) is 11.2. The van der Waals surface area contributed by atoms with Gasteiger partial charge in [-0.1, -0.05) is 54.3 Å². The fourth-order valence-electron chi connectivity index (χ4n) is 1.93. The fourth-order valence-corrected chi connectivity index (χ4v) is 2.95.